The molecule has 3 amide bonds. The predicted octanol–water partition coefficient (Wildman–Crippen LogP) is 2.91. The molecule has 2 saturated heterocycles. The van der Waals surface area contributed by atoms with E-state index >= 15 is 0 Å². The lowest BCUT2D eigenvalue weighted by atomic mass is 10.2. The van der Waals surface area contributed by atoms with Gasteiger partial charge in [0.1, 0.15) is 11.6 Å². The first-order valence-corrected chi connectivity index (χ1v) is 9.03. The number of carbonyl (C=O) groups is 3. The smallest absolute Gasteiger partial charge is 0.294 e. The summed E-state index contributed by atoms with van der Waals surface area (Å²) in [5, 5.41) is 10.4. The number of nitrogens with zero attached hydrogens (tertiary/aromatic N) is 3. The van der Waals surface area contributed by atoms with Crippen LogP contribution in [0.2, 0.25) is 5.02 Å². The third kappa shape index (κ3) is 3.73. The Morgan fingerprint density at radius 3 is 2.65 bits per heavy atom. The fourth-order valence-corrected chi connectivity index (χ4v) is 3.77. The number of carbonyl (C=O) groups excluding carboxylic acids is 3. The summed E-state index contributed by atoms with van der Waals surface area (Å²) in [4.78, 5) is 49.7. The van der Waals surface area contributed by atoms with Crippen LogP contribution >= 0.6 is 23.4 Å². The second kappa shape index (κ2) is 7.46. The Kier molecular flexibility index (Phi) is 5.28. The van der Waals surface area contributed by atoms with E-state index in [2.05, 4.69) is 0 Å². The number of hydrogen-bond acceptors (Lipinski definition) is 6. The monoisotopic (exact) mass is 395 g/mol. The van der Waals surface area contributed by atoms with Gasteiger partial charge in [0.25, 0.3) is 16.8 Å². The van der Waals surface area contributed by atoms with E-state index in [4.69, 9.17) is 11.6 Å². The van der Waals surface area contributed by atoms with E-state index in [0.29, 0.717) is 30.4 Å². The molecule has 1 aromatic rings. The van der Waals surface area contributed by atoms with Gasteiger partial charge in [-0.2, -0.15) is 0 Å². The van der Waals surface area contributed by atoms with Crippen LogP contribution in [0.4, 0.5) is 10.5 Å². The van der Waals surface area contributed by atoms with Crippen LogP contribution in [0.5, 0.6) is 0 Å². The summed E-state index contributed by atoms with van der Waals surface area (Å²) >= 11 is 6.47. The van der Waals surface area contributed by atoms with Gasteiger partial charge < -0.3 is 4.90 Å². The fourth-order valence-electron chi connectivity index (χ4n) is 2.75. The fraction of sp³-hybridized carbons (Fsp3) is 0.312. The zero-order valence-corrected chi connectivity index (χ0v) is 15.1. The van der Waals surface area contributed by atoms with Crippen molar-refractivity contribution in [2.75, 3.05) is 19.6 Å². The minimum absolute atomic E-state index is 0.0172. The predicted molar refractivity (Wildman–Crippen MR) is 96.6 cm³/mol. The van der Waals surface area contributed by atoms with Gasteiger partial charge in [-0.3, -0.25) is 29.4 Å². The minimum Gasteiger partial charge on any atom is -0.341 e. The third-order valence-corrected chi connectivity index (χ3v) is 5.32. The van der Waals surface area contributed by atoms with Crippen LogP contribution in [0.25, 0.3) is 6.08 Å². The average molecular weight is 396 g/mol. The van der Waals surface area contributed by atoms with Gasteiger partial charge in [-0.15, -0.1) is 0 Å². The maximum atomic E-state index is 12.4. The molecule has 136 valence electrons. The third-order valence-electron chi connectivity index (χ3n) is 4.09. The lowest BCUT2D eigenvalue weighted by molar-refractivity contribution is -0.384. The summed E-state index contributed by atoms with van der Waals surface area (Å²) < 4.78 is 0. The summed E-state index contributed by atoms with van der Waals surface area (Å²) in [6.45, 7) is 0.988. The molecular weight excluding hydrogens is 382 g/mol. The molecule has 1 aromatic carbocycles. The van der Waals surface area contributed by atoms with Gasteiger partial charge in [0.05, 0.1) is 9.83 Å². The lowest BCUT2D eigenvalue weighted by Crippen LogP contribution is -2.40. The van der Waals surface area contributed by atoms with Crippen LogP contribution in [-0.2, 0) is 9.59 Å². The number of rotatable bonds is 4. The molecule has 0 saturated carbocycles. The maximum absolute atomic E-state index is 12.4. The lowest BCUT2D eigenvalue weighted by Gasteiger charge is -2.18. The van der Waals surface area contributed by atoms with Gasteiger partial charge in [0.2, 0.25) is 5.91 Å². The van der Waals surface area contributed by atoms with Crippen molar-refractivity contribution in [3.63, 3.8) is 0 Å². The van der Waals surface area contributed by atoms with Gasteiger partial charge in [-0.25, -0.2) is 0 Å². The molecule has 0 unspecified atom stereocenters. The number of likely N-dealkylation sites (tertiary alicyclic amines) is 1. The normalized spacial score (nSPS) is 18.9. The summed E-state index contributed by atoms with van der Waals surface area (Å²) in [5.74, 6) is -0.835. The van der Waals surface area contributed by atoms with Gasteiger partial charge in [0, 0.05) is 19.2 Å². The number of nitro benzene ring substituents is 1. The highest BCUT2D eigenvalue weighted by molar-refractivity contribution is 8.18. The van der Waals surface area contributed by atoms with Crippen LogP contribution in [0.15, 0.2) is 23.1 Å². The van der Waals surface area contributed by atoms with E-state index in [0.717, 1.165) is 17.7 Å². The van der Waals surface area contributed by atoms with Crippen LogP contribution < -0.4 is 0 Å². The van der Waals surface area contributed by atoms with E-state index in [1.807, 2.05) is 0 Å². The molecular formula is C16H14ClN3O5S. The molecule has 8 nitrogen and oxygen atoms in total. The van der Waals surface area contributed by atoms with Crippen molar-refractivity contribution < 1.29 is 19.3 Å². The number of hydrogen-bond donors (Lipinski definition) is 0. The Morgan fingerprint density at radius 2 is 2.00 bits per heavy atom. The van der Waals surface area contributed by atoms with Crippen molar-refractivity contribution in [3.8, 4) is 0 Å². The van der Waals surface area contributed by atoms with Gasteiger partial charge >= 0.3 is 0 Å². The van der Waals surface area contributed by atoms with Crippen molar-refractivity contribution in [1.29, 1.82) is 0 Å². The van der Waals surface area contributed by atoms with Gasteiger partial charge in [-0.05, 0) is 42.3 Å². The highest BCUT2D eigenvalue weighted by Gasteiger charge is 2.37. The van der Waals surface area contributed by atoms with Crippen LogP contribution in [0.3, 0.4) is 0 Å². The molecule has 10 heteroatoms. The molecule has 2 aliphatic rings. The van der Waals surface area contributed by atoms with E-state index in [9.17, 15) is 24.5 Å². The first-order valence-electron chi connectivity index (χ1n) is 7.84. The Bertz CT molecular complexity index is 835. The highest BCUT2D eigenvalue weighted by atomic mass is 35.5. The number of imide groups is 1. The first kappa shape index (κ1) is 18.4. The number of amides is 3. The van der Waals surface area contributed by atoms with Crippen molar-refractivity contribution in [2.24, 2.45) is 0 Å². The average Bonchev–Trinajstić information content (AvgIpc) is 3.21. The molecule has 3 rings (SSSR count). The molecule has 0 spiro atoms. The van der Waals surface area contributed by atoms with E-state index in [1.54, 1.807) is 4.90 Å². The Hall–Kier alpha value is -2.39. The molecule has 2 aliphatic heterocycles. The quantitative estimate of drug-likeness (QED) is 0.441. The molecule has 0 radical (unpaired) electrons. The summed E-state index contributed by atoms with van der Waals surface area (Å²) in [6.07, 6.45) is 3.22. The summed E-state index contributed by atoms with van der Waals surface area (Å²) in [6, 6.07) is 4.09. The minimum atomic E-state index is -0.625. The van der Waals surface area contributed by atoms with Crippen LogP contribution in [-0.4, -0.2) is 51.4 Å². The standard InChI is InChI=1S/C16H14ClN3O5S/c17-11-4-3-10(7-12(11)20(24)25)8-13-15(22)19(16(23)26-13)9-14(21)18-5-1-2-6-18/h3-4,7-8H,1-2,5-6,9H2/b13-8-. The molecule has 2 heterocycles. The second-order valence-corrected chi connectivity index (χ2v) is 7.22. The van der Waals surface area contributed by atoms with Crippen molar-refractivity contribution in [2.45, 2.75) is 12.8 Å². The zero-order chi connectivity index (χ0) is 18.8. The van der Waals surface area contributed by atoms with Gasteiger partial charge in [0.15, 0.2) is 0 Å². The largest absolute Gasteiger partial charge is 0.341 e. The zero-order valence-electron chi connectivity index (χ0n) is 13.5. The molecule has 0 N–H and O–H groups in total. The van der Waals surface area contributed by atoms with E-state index in [1.165, 1.54) is 24.3 Å². The Morgan fingerprint density at radius 1 is 1.31 bits per heavy atom. The SMILES string of the molecule is O=C(CN1C(=O)S/C(=C\c2ccc(Cl)c([N+](=O)[O-])c2)C1=O)N1CCCC1. The summed E-state index contributed by atoms with van der Waals surface area (Å²) in [5.41, 5.74) is 0.0846. The number of nitro groups is 1. The molecule has 26 heavy (non-hydrogen) atoms. The Balaban J connectivity index is 1.78. The molecule has 0 atom stereocenters. The number of thioether (sulfide) groups is 1. The first-order chi connectivity index (χ1) is 12.4. The van der Waals surface area contributed by atoms with Crippen molar-refractivity contribution in [1.82, 2.24) is 9.80 Å². The van der Waals surface area contributed by atoms with Gasteiger partial charge in [-0.1, -0.05) is 17.7 Å². The number of halogens is 1. The maximum Gasteiger partial charge on any atom is 0.294 e. The molecule has 0 aliphatic carbocycles. The van der Waals surface area contributed by atoms with Crippen LogP contribution in [0.1, 0.15) is 18.4 Å². The number of benzene rings is 1. The van der Waals surface area contributed by atoms with Crippen LogP contribution in [0, 0.1) is 10.1 Å². The summed E-state index contributed by atoms with van der Waals surface area (Å²) in [7, 11) is 0. The molecule has 0 bridgehead atoms. The molecule has 2 fully saturated rings. The Labute approximate surface area is 157 Å². The van der Waals surface area contributed by atoms with Crippen molar-refractivity contribution in [3.05, 3.63) is 43.8 Å². The van der Waals surface area contributed by atoms with E-state index in [-0.39, 0.29) is 28.1 Å². The molecule has 0 aromatic heterocycles. The second-order valence-electron chi connectivity index (χ2n) is 5.82. The topological polar surface area (TPSA) is 101 Å². The highest BCUT2D eigenvalue weighted by Crippen LogP contribution is 2.33. The van der Waals surface area contributed by atoms with Crippen molar-refractivity contribution >= 4 is 52.2 Å². The van der Waals surface area contributed by atoms with E-state index < -0.39 is 16.1 Å².